The van der Waals surface area contributed by atoms with Crippen molar-refractivity contribution in [2.75, 3.05) is 19.7 Å². The van der Waals surface area contributed by atoms with Gasteiger partial charge in [0.1, 0.15) is 12.3 Å². The second-order valence-electron chi connectivity index (χ2n) is 3.89. The molecule has 0 radical (unpaired) electrons. The van der Waals surface area contributed by atoms with Crippen LogP contribution >= 0.6 is 0 Å². The number of amides is 2. The maximum atomic E-state index is 11.5. The normalized spacial score (nSPS) is 36.8. The summed E-state index contributed by atoms with van der Waals surface area (Å²) in [5.41, 5.74) is 0. The molecule has 6 heteroatoms. The molecule has 2 rings (SSSR count). The lowest BCUT2D eigenvalue weighted by molar-refractivity contribution is -0.0663. The summed E-state index contributed by atoms with van der Waals surface area (Å²) in [6.45, 7) is 1.11. The Balaban J connectivity index is 1.96. The summed E-state index contributed by atoms with van der Waals surface area (Å²) < 4.78 is 5.40. The third-order valence-corrected chi connectivity index (χ3v) is 2.84. The third kappa shape index (κ3) is 2.06. The van der Waals surface area contributed by atoms with Gasteiger partial charge in [0.05, 0.1) is 12.7 Å². The minimum Gasteiger partial charge on any atom is -0.394 e. The summed E-state index contributed by atoms with van der Waals surface area (Å²) in [6.07, 6.45) is -0.402. The van der Waals surface area contributed by atoms with E-state index in [0.29, 0.717) is 19.5 Å². The topological polar surface area (TPSA) is 82.0 Å². The molecule has 86 valence electrons. The van der Waals surface area contributed by atoms with Crippen molar-refractivity contribution in [2.45, 2.75) is 31.3 Å². The van der Waals surface area contributed by atoms with Crippen molar-refractivity contribution in [3.63, 3.8) is 0 Å². The van der Waals surface area contributed by atoms with Gasteiger partial charge >= 0.3 is 6.03 Å². The highest BCUT2D eigenvalue weighted by molar-refractivity contribution is 5.75. The number of carbonyl (C=O) groups excluding carboxylic acids is 1. The van der Waals surface area contributed by atoms with E-state index in [9.17, 15) is 9.90 Å². The van der Waals surface area contributed by atoms with Crippen LogP contribution in [0.1, 0.15) is 12.8 Å². The first-order valence-corrected chi connectivity index (χ1v) is 5.21. The molecule has 0 aliphatic carbocycles. The lowest BCUT2D eigenvalue weighted by Crippen LogP contribution is -2.51. The number of hydrogen-bond acceptors (Lipinski definition) is 4. The average Bonchev–Trinajstić information content (AvgIpc) is 2.60. The Kier molecular flexibility index (Phi) is 3.08. The Morgan fingerprint density at radius 1 is 1.60 bits per heavy atom. The summed E-state index contributed by atoms with van der Waals surface area (Å²) in [6, 6.07) is -0.156. The highest BCUT2D eigenvalue weighted by atomic mass is 16.5. The van der Waals surface area contributed by atoms with Crippen molar-refractivity contribution in [2.24, 2.45) is 0 Å². The van der Waals surface area contributed by atoms with Gasteiger partial charge in [-0.15, -0.1) is 0 Å². The maximum absolute atomic E-state index is 11.5. The van der Waals surface area contributed by atoms with Crippen molar-refractivity contribution in [3.05, 3.63) is 0 Å². The predicted octanol–water partition coefficient (Wildman–Crippen LogP) is -1.13. The fraction of sp³-hybridized carbons (Fsp3) is 0.889. The van der Waals surface area contributed by atoms with E-state index in [2.05, 4.69) is 5.32 Å². The van der Waals surface area contributed by atoms with Gasteiger partial charge in [-0.1, -0.05) is 0 Å². The van der Waals surface area contributed by atoms with Gasteiger partial charge in [-0.05, 0) is 6.42 Å². The van der Waals surface area contributed by atoms with Gasteiger partial charge in [0.15, 0.2) is 0 Å². The zero-order chi connectivity index (χ0) is 10.8. The van der Waals surface area contributed by atoms with Crippen LogP contribution in [0.3, 0.4) is 0 Å². The zero-order valence-corrected chi connectivity index (χ0v) is 8.43. The predicted molar refractivity (Wildman–Crippen MR) is 51.1 cm³/mol. The van der Waals surface area contributed by atoms with E-state index in [1.165, 1.54) is 0 Å². The first kappa shape index (κ1) is 10.7. The third-order valence-electron chi connectivity index (χ3n) is 2.84. The molecule has 0 saturated carbocycles. The van der Waals surface area contributed by atoms with Crippen molar-refractivity contribution < 1.29 is 19.7 Å². The Morgan fingerprint density at radius 3 is 3.00 bits per heavy atom. The molecule has 2 heterocycles. The van der Waals surface area contributed by atoms with Gasteiger partial charge in [-0.25, -0.2) is 4.79 Å². The van der Waals surface area contributed by atoms with E-state index < -0.39 is 18.4 Å². The number of aliphatic hydroxyl groups is 2. The molecule has 2 saturated heterocycles. The van der Waals surface area contributed by atoms with Crippen LogP contribution in [0, 0.1) is 0 Å². The van der Waals surface area contributed by atoms with Crippen LogP contribution in [0.25, 0.3) is 0 Å². The van der Waals surface area contributed by atoms with Crippen molar-refractivity contribution in [1.29, 1.82) is 0 Å². The van der Waals surface area contributed by atoms with E-state index in [1.807, 2.05) is 0 Å². The van der Waals surface area contributed by atoms with Crippen molar-refractivity contribution >= 4 is 6.03 Å². The first-order valence-electron chi connectivity index (χ1n) is 5.21. The molecular weight excluding hydrogens is 200 g/mol. The molecule has 3 atom stereocenters. The largest absolute Gasteiger partial charge is 0.394 e. The number of aliphatic hydroxyl groups excluding tert-OH is 2. The van der Waals surface area contributed by atoms with Crippen LogP contribution in [0.2, 0.25) is 0 Å². The number of ether oxygens (including phenoxy) is 1. The minimum atomic E-state index is -0.685. The van der Waals surface area contributed by atoms with E-state index in [1.54, 1.807) is 4.90 Å². The SMILES string of the molecule is O=C1NCCCN1[C@H]1C[C@H](O)[C@@H](CO)O1. The number of carbonyl (C=O) groups is 1. The zero-order valence-electron chi connectivity index (χ0n) is 8.43. The van der Waals surface area contributed by atoms with Crippen LogP contribution < -0.4 is 5.32 Å². The minimum absolute atomic E-state index is 0.156. The van der Waals surface area contributed by atoms with Gasteiger partial charge in [0.2, 0.25) is 0 Å². The molecule has 2 amide bonds. The summed E-state index contributed by atoms with van der Waals surface area (Å²) in [7, 11) is 0. The molecule has 15 heavy (non-hydrogen) atoms. The van der Waals surface area contributed by atoms with Crippen LogP contribution in [-0.2, 0) is 4.74 Å². The van der Waals surface area contributed by atoms with E-state index in [0.717, 1.165) is 6.42 Å². The fourth-order valence-corrected chi connectivity index (χ4v) is 1.99. The average molecular weight is 216 g/mol. The molecule has 2 fully saturated rings. The summed E-state index contributed by atoms with van der Waals surface area (Å²) in [4.78, 5) is 13.0. The number of nitrogens with one attached hydrogen (secondary N) is 1. The molecule has 0 bridgehead atoms. The van der Waals surface area contributed by atoms with E-state index in [-0.39, 0.29) is 12.6 Å². The summed E-state index contributed by atoms with van der Waals surface area (Å²) >= 11 is 0. The Labute approximate surface area is 87.8 Å². The smallest absolute Gasteiger partial charge is 0.319 e. The molecule has 3 N–H and O–H groups in total. The standard InChI is InChI=1S/C9H16N2O4/c12-5-7-6(13)4-8(15-7)11-3-1-2-10-9(11)14/h6-8,12-13H,1-5H2,(H,10,14)/t6-,7+,8+/m0/s1. The Bertz CT molecular complexity index is 248. The second kappa shape index (κ2) is 4.34. The molecule has 0 aromatic rings. The molecule has 0 unspecified atom stereocenters. The Hall–Kier alpha value is -0.850. The Morgan fingerprint density at radius 2 is 2.40 bits per heavy atom. The van der Waals surface area contributed by atoms with Gasteiger partial charge < -0.3 is 20.3 Å². The van der Waals surface area contributed by atoms with Crippen molar-refractivity contribution in [1.82, 2.24) is 10.2 Å². The van der Waals surface area contributed by atoms with Crippen LogP contribution in [-0.4, -0.2) is 59.3 Å². The lowest BCUT2D eigenvalue weighted by Gasteiger charge is -2.32. The maximum Gasteiger partial charge on any atom is 0.319 e. The quantitative estimate of drug-likeness (QED) is 0.545. The molecule has 0 aromatic heterocycles. The summed E-state index contributed by atoms with van der Waals surface area (Å²) in [5, 5.41) is 21.2. The molecule has 0 aromatic carbocycles. The van der Waals surface area contributed by atoms with Gasteiger partial charge in [0.25, 0.3) is 0 Å². The molecule has 2 aliphatic heterocycles. The molecular formula is C9H16N2O4. The van der Waals surface area contributed by atoms with Crippen LogP contribution in [0.5, 0.6) is 0 Å². The second-order valence-corrected chi connectivity index (χ2v) is 3.89. The van der Waals surface area contributed by atoms with Crippen LogP contribution in [0.15, 0.2) is 0 Å². The molecule has 0 spiro atoms. The van der Waals surface area contributed by atoms with Gasteiger partial charge in [-0.2, -0.15) is 0 Å². The highest BCUT2D eigenvalue weighted by Crippen LogP contribution is 2.24. The molecule has 2 aliphatic rings. The first-order chi connectivity index (χ1) is 7.22. The fourth-order valence-electron chi connectivity index (χ4n) is 1.99. The monoisotopic (exact) mass is 216 g/mol. The van der Waals surface area contributed by atoms with Crippen molar-refractivity contribution in [3.8, 4) is 0 Å². The number of nitrogens with zero attached hydrogens (tertiary/aromatic N) is 1. The van der Waals surface area contributed by atoms with E-state index >= 15 is 0 Å². The van der Waals surface area contributed by atoms with Gasteiger partial charge in [0, 0.05) is 19.5 Å². The van der Waals surface area contributed by atoms with E-state index in [4.69, 9.17) is 9.84 Å². The van der Waals surface area contributed by atoms with Gasteiger partial charge in [-0.3, -0.25) is 4.90 Å². The molecule has 6 nitrogen and oxygen atoms in total. The number of rotatable bonds is 2. The number of urea groups is 1. The number of hydrogen-bond donors (Lipinski definition) is 3. The highest BCUT2D eigenvalue weighted by Gasteiger charge is 2.39. The van der Waals surface area contributed by atoms with Crippen LogP contribution in [0.4, 0.5) is 4.79 Å². The summed E-state index contributed by atoms with van der Waals surface area (Å²) in [5.74, 6) is 0. The lowest BCUT2D eigenvalue weighted by atomic mass is 10.2.